The maximum Gasteiger partial charge on any atom is 0.222 e. The molecule has 3 heterocycles. The van der Waals surface area contributed by atoms with Crippen molar-refractivity contribution in [3.05, 3.63) is 47.9 Å². The van der Waals surface area contributed by atoms with Gasteiger partial charge in [-0.2, -0.15) is 0 Å². The number of nitrogens with one attached hydrogen (secondary N) is 2. The monoisotopic (exact) mass is 444 g/mol. The Morgan fingerprint density at radius 1 is 1.16 bits per heavy atom. The number of carbonyl (C=O) groups is 1. The molecule has 164 valence electrons. The highest BCUT2D eigenvalue weighted by molar-refractivity contribution is 7.90. The highest BCUT2D eigenvalue weighted by atomic mass is 32.2. The molecule has 0 atom stereocenters. The molecule has 0 aromatic carbocycles. The van der Waals surface area contributed by atoms with Crippen molar-refractivity contribution in [1.29, 1.82) is 0 Å². The van der Waals surface area contributed by atoms with Crippen molar-refractivity contribution < 1.29 is 22.7 Å². The van der Waals surface area contributed by atoms with Crippen LogP contribution in [0, 0.1) is 6.92 Å². The number of aromatic nitrogens is 2. The zero-order valence-electron chi connectivity index (χ0n) is 17.8. The van der Waals surface area contributed by atoms with E-state index in [4.69, 9.17) is 4.42 Å². The van der Waals surface area contributed by atoms with Crippen molar-refractivity contribution >= 4 is 33.1 Å². The predicted molar refractivity (Wildman–Crippen MR) is 117 cm³/mol. The predicted octanol–water partition coefficient (Wildman–Crippen LogP) is 3.38. The SMILES string of the molecule is CC(=O)Nc1cc(Nc2cc(C)cc(S(C)(=O)=O)n2)c(-c2cc(C(C)(C)O)co2)cn1. The first-order chi connectivity index (χ1) is 14.3. The molecular weight excluding hydrogens is 420 g/mol. The van der Waals surface area contributed by atoms with E-state index >= 15 is 0 Å². The Bertz CT molecular complexity index is 1240. The van der Waals surface area contributed by atoms with Crippen LogP contribution in [0.25, 0.3) is 11.3 Å². The maximum atomic E-state index is 12.0. The summed E-state index contributed by atoms with van der Waals surface area (Å²) >= 11 is 0. The molecule has 0 aliphatic heterocycles. The number of anilines is 3. The van der Waals surface area contributed by atoms with Crippen LogP contribution in [0.15, 0.2) is 46.2 Å². The summed E-state index contributed by atoms with van der Waals surface area (Å²) in [6.07, 6.45) is 4.05. The number of furan rings is 1. The van der Waals surface area contributed by atoms with Crippen LogP contribution in [-0.2, 0) is 20.2 Å². The second kappa shape index (κ2) is 8.12. The Kier molecular flexibility index (Phi) is 5.88. The van der Waals surface area contributed by atoms with Gasteiger partial charge in [0.05, 0.1) is 23.1 Å². The summed E-state index contributed by atoms with van der Waals surface area (Å²) in [6.45, 7) is 6.41. The van der Waals surface area contributed by atoms with Gasteiger partial charge >= 0.3 is 0 Å². The molecule has 1 amide bonds. The van der Waals surface area contributed by atoms with E-state index in [-0.39, 0.29) is 10.9 Å². The van der Waals surface area contributed by atoms with Gasteiger partial charge in [-0.1, -0.05) is 0 Å². The van der Waals surface area contributed by atoms with Gasteiger partial charge in [0.2, 0.25) is 5.91 Å². The molecule has 3 aromatic heterocycles. The van der Waals surface area contributed by atoms with E-state index < -0.39 is 15.4 Å². The smallest absolute Gasteiger partial charge is 0.222 e. The lowest BCUT2D eigenvalue weighted by Gasteiger charge is -2.14. The second-order valence-electron chi connectivity index (χ2n) is 7.82. The third-order valence-electron chi connectivity index (χ3n) is 4.37. The van der Waals surface area contributed by atoms with Crippen LogP contribution in [0.5, 0.6) is 0 Å². The molecule has 0 spiro atoms. The molecule has 3 rings (SSSR count). The molecule has 0 unspecified atom stereocenters. The number of rotatable bonds is 6. The number of amides is 1. The zero-order valence-corrected chi connectivity index (χ0v) is 18.7. The van der Waals surface area contributed by atoms with E-state index in [1.807, 2.05) is 0 Å². The van der Waals surface area contributed by atoms with E-state index in [1.54, 1.807) is 39.0 Å². The maximum absolute atomic E-state index is 12.0. The summed E-state index contributed by atoms with van der Waals surface area (Å²) in [5.74, 6) is 0.735. The second-order valence-corrected chi connectivity index (χ2v) is 9.78. The minimum atomic E-state index is -3.51. The van der Waals surface area contributed by atoms with E-state index in [2.05, 4.69) is 20.6 Å². The van der Waals surface area contributed by atoms with Crippen LogP contribution in [0.1, 0.15) is 31.9 Å². The minimum Gasteiger partial charge on any atom is -0.464 e. The van der Waals surface area contributed by atoms with Crippen molar-refractivity contribution in [2.75, 3.05) is 16.9 Å². The van der Waals surface area contributed by atoms with Gasteiger partial charge < -0.3 is 20.2 Å². The lowest BCUT2D eigenvalue weighted by atomic mass is 10.0. The van der Waals surface area contributed by atoms with Crippen LogP contribution in [-0.4, -0.2) is 35.7 Å². The molecule has 0 fully saturated rings. The fourth-order valence-corrected chi connectivity index (χ4v) is 3.49. The Morgan fingerprint density at radius 3 is 2.45 bits per heavy atom. The third-order valence-corrected chi connectivity index (χ3v) is 5.34. The first kappa shape index (κ1) is 22.4. The number of hydrogen-bond acceptors (Lipinski definition) is 8. The van der Waals surface area contributed by atoms with E-state index in [0.717, 1.165) is 6.26 Å². The highest BCUT2D eigenvalue weighted by Crippen LogP contribution is 2.35. The van der Waals surface area contributed by atoms with Crippen molar-refractivity contribution in [2.45, 2.75) is 38.3 Å². The van der Waals surface area contributed by atoms with Crippen LogP contribution < -0.4 is 10.6 Å². The molecule has 0 radical (unpaired) electrons. The quantitative estimate of drug-likeness (QED) is 0.527. The lowest BCUT2D eigenvalue weighted by molar-refractivity contribution is -0.114. The number of nitrogens with zero attached hydrogens (tertiary/aromatic N) is 2. The summed E-state index contributed by atoms with van der Waals surface area (Å²) in [4.78, 5) is 19.9. The molecular formula is C21H24N4O5S. The number of hydrogen-bond donors (Lipinski definition) is 3. The molecule has 31 heavy (non-hydrogen) atoms. The third kappa shape index (κ3) is 5.47. The number of aliphatic hydroxyl groups is 1. The Balaban J connectivity index is 2.10. The average Bonchev–Trinajstić information content (AvgIpc) is 3.10. The van der Waals surface area contributed by atoms with Crippen molar-refractivity contribution in [3.8, 4) is 11.3 Å². The number of carbonyl (C=O) groups excluding carboxylic acids is 1. The summed E-state index contributed by atoms with van der Waals surface area (Å²) in [7, 11) is -3.51. The largest absolute Gasteiger partial charge is 0.464 e. The summed E-state index contributed by atoms with van der Waals surface area (Å²) in [5.41, 5.74) is 1.20. The molecule has 0 bridgehead atoms. The Morgan fingerprint density at radius 2 is 1.87 bits per heavy atom. The molecule has 0 aliphatic rings. The normalized spacial score (nSPS) is 11.9. The minimum absolute atomic E-state index is 0.0602. The summed E-state index contributed by atoms with van der Waals surface area (Å²) in [5, 5.41) is 15.9. The first-order valence-corrected chi connectivity index (χ1v) is 11.3. The van der Waals surface area contributed by atoms with Gasteiger partial charge in [-0.25, -0.2) is 18.4 Å². The number of sulfone groups is 1. The van der Waals surface area contributed by atoms with E-state index in [1.165, 1.54) is 25.5 Å². The van der Waals surface area contributed by atoms with Crippen LogP contribution in [0.4, 0.5) is 17.3 Å². The molecule has 3 N–H and O–H groups in total. The van der Waals surface area contributed by atoms with Gasteiger partial charge in [0, 0.05) is 31.0 Å². The highest BCUT2D eigenvalue weighted by Gasteiger charge is 2.21. The average molecular weight is 445 g/mol. The van der Waals surface area contributed by atoms with Crippen LogP contribution in [0.3, 0.4) is 0 Å². The number of pyridine rings is 2. The molecule has 0 aliphatic carbocycles. The first-order valence-electron chi connectivity index (χ1n) is 9.38. The van der Waals surface area contributed by atoms with Gasteiger partial charge in [-0.3, -0.25) is 4.79 Å². The standard InChI is InChI=1S/C21H24N4O5S/c1-12-6-19(25-20(7-12)31(5,28)29)24-16-9-18(23-13(2)26)22-10-15(16)17-8-14(11-30-17)21(3,4)27/h6-11,27H,1-5H3,(H2,22,23,24,25,26). The topological polar surface area (TPSA) is 134 Å². The van der Waals surface area contributed by atoms with E-state index in [0.29, 0.717) is 39.8 Å². The lowest BCUT2D eigenvalue weighted by Crippen LogP contribution is -2.13. The Labute approximate surface area is 180 Å². The molecule has 3 aromatic rings. The van der Waals surface area contributed by atoms with Gasteiger partial charge in [-0.15, -0.1) is 0 Å². The molecule has 0 saturated carbocycles. The van der Waals surface area contributed by atoms with E-state index in [9.17, 15) is 18.3 Å². The Hall–Kier alpha value is -3.24. The van der Waals surface area contributed by atoms with Gasteiger partial charge in [0.1, 0.15) is 17.4 Å². The number of aryl methyl sites for hydroxylation is 1. The fourth-order valence-electron chi connectivity index (χ4n) is 2.83. The van der Waals surface area contributed by atoms with Gasteiger partial charge in [0.25, 0.3) is 0 Å². The summed E-state index contributed by atoms with van der Waals surface area (Å²) in [6, 6.07) is 6.46. The van der Waals surface area contributed by atoms with Crippen molar-refractivity contribution in [1.82, 2.24) is 9.97 Å². The molecule has 0 saturated heterocycles. The molecule has 9 nitrogen and oxygen atoms in total. The zero-order chi connectivity index (χ0) is 23.0. The van der Waals surface area contributed by atoms with Crippen molar-refractivity contribution in [3.63, 3.8) is 0 Å². The molecule has 10 heteroatoms. The van der Waals surface area contributed by atoms with Gasteiger partial charge in [0.15, 0.2) is 14.9 Å². The van der Waals surface area contributed by atoms with Crippen LogP contribution >= 0.6 is 0 Å². The van der Waals surface area contributed by atoms with Crippen molar-refractivity contribution in [2.24, 2.45) is 0 Å². The summed E-state index contributed by atoms with van der Waals surface area (Å²) < 4.78 is 29.6. The fraction of sp³-hybridized carbons (Fsp3) is 0.286. The van der Waals surface area contributed by atoms with Crippen LogP contribution in [0.2, 0.25) is 0 Å². The van der Waals surface area contributed by atoms with Gasteiger partial charge in [-0.05, 0) is 44.5 Å².